The number of amides is 2. The molecule has 11 heteroatoms. The topological polar surface area (TPSA) is 144 Å². The lowest BCUT2D eigenvalue weighted by atomic mass is 10.3. The molecule has 0 atom stereocenters. The largest absolute Gasteiger partial charge is 0.495 e. The maximum absolute atomic E-state index is 12.1. The number of non-ortho nitro benzene ring substituents is 1. The number of nitro benzene ring substituents is 1. The molecule has 2 heterocycles. The summed E-state index contributed by atoms with van der Waals surface area (Å²) < 4.78 is 5.04. The van der Waals surface area contributed by atoms with E-state index in [9.17, 15) is 14.9 Å². The van der Waals surface area contributed by atoms with E-state index in [2.05, 4.69) is 30.9 Å². The van der Waals surface area contributed by atoms with Gasteiger partial charge in [-0.25, -0.2) is 14.8 Å². The fourth-order valence-electron chi connectivity index (χ4n) is 2.15. The minimum Gasteiger partial charge on any atom is -0.495 e. The summed E-state index contributed by atoms with van der Waals surface area (Å²) in [5, 5.41) is 18.7. The SMILES string of the molecule is COc1ccc(Nc2nccc(NC(=O)Nc3cccc([N+](=O)[O-])c3)n2)nc1. The quantitative estimate of drug-likeness (QED) is 0.436. The first-order chi connectivity index (χ1) is 13.5. The lowest BCUT2D eigenvalue weighted by molar-refractivity contribution is -0.384. The Morgan fingerprint density at radius 3 is 2.68 bits per heavy atom. The second kappa shape index (κ2) is 8.40. The molecule has 3 rings (SSSR count). The van der Waals surface area contributed by atoms with E-state index in [1.807, 2.05) is 0 Å². The van der Waals surface area contributed by atoms with Gasteiger partial charge in [-0.1, -0.05) is 6.07 Å². The van der Waals surface area contributed by atoms with Crippen LogP contribution in [0.25, 0.3) is 0 Å². The van der Waals surface area contributed by atoms with Crippen molar-refractivity contribution in [3.8, 4) is 5.75 Å². The van der Waals surface area contributed by atoms with Crippen LogP contribution in [-0.2, 0) is 0 Å². The Kier molecular flexibility index (Phi) is 5.55. The third-order valence-corrected chi connectivity index (χ3v) is 3.42. The maximum atomic E-state index is 12.1. The maximum Gasteiger partial charge on any atom is 0.324 e. The van der Waals surface area contributed by atoms with Crippen molar-refractivity contribution in [2.45, 2.75) is 0 Å². The van der Waals surface area contributed by atoms with Crippen LogP contribution in [0.5, 0.6) is 5.75 Å². The number of nitrogens with one attached hydrogen (secondary N) is 3. The van der Waals surface area contributed by atoms with Crippen LogP contribution in [0.2, 0.25) is 0 Å². The molecule has 0 aliphatic rings. The Morgan fingerprint density at radius 1 is 1.11 bits per heavy atom. The Hall–Kier alpha value is -4.28. The van der Waals surface area contributed by atoms with Crippen LogP contribution in [-0.4, -0.2) is 33.0 Å². The normalized spacial score (nSPS) is 10.0. The molecule has 0 aliphatic carbocycles. The minimum atomic E-state index is -0.604. The lowest BCUT2D eigenvalue weighted by Gasteiger charge is -2.09. The van der Waals surface area contributed by atoms with E-state index < -0.39 is 11.0 Å². The van der Waals surface area contributed by atoms with E-state index in [1.165, 1.54) is 42.7 Å². The average Bonchev–Trinajstić information content (AvgIpc) is 2.69. The third kappa shape index (κ3) is 4.88. The zero-order chi connectivity index (χ0) is 19.9. The van der Waals surface area contributed by atoms with Crippen molar-refractivity contribution in [2.24, 2.45) is 0 Å². The van der Waals surface area contributed by atoms with Crippen molar-refractivity contribution in [2.75, 3.05) is 23.1 Å². The number of nitrogens with zero attached hydrogens (tertiary/aromatic N) is 4. The molecule has 2 amide bonds. The Bertz CT molecular complexity index is 995. The summed E-state index contributed by atoms with van der Waals surface area (Å²) >= 11 is 0. The van der Waals surface area contributed by atoms with E-state index in [4.69, 9.17) is 4.74 Å². The summed E-state index contributed by atoms with van der Waals surface area (Å²) in [6, 6.07) is 9.91. The van der Waals surface area contributed by atoms with E-state index >= 15 is 0 Å². The monoisotopic (exact) mass is 381 g/mol. The van der Waals surface area contributed by atoms with E-state index in [-0.39, 0.29) is 23.1 Å². The molecule has 0 fully saturated rings. The Morgan fingerprint density at radius 2 is 1.96 bits per heavy atom. The number of hydrogen-bond donors (Lipinski definition) is 3. The van der Waals surface area contributed by atoms with Gasteiger partial charge in [0.05, 0.1) is 18.2 Å². The van der Waals surface area contributed by atoms with Crippen molar-refractivity contribution < 1.29 is 14.5 Å². The third-order valence-electron chi connectivity index (χ3n) is 3.42. The molecular weight excluding hydrogens is 366 g/mol. The summed E-state index contributed by atoms with van der Waals surface area (Å²) in [6.07, 6.45) is 3.00. The van der Waals surface area contributed by atoms with Gasteiger partial charge in [-0.2, -0.15) is 4.98 Å². The second-order valence-electron chi connectivity index (χ2n) is 5.36. The number of rotatable bonds is 6. The molecule has 0 aliphatic heterocycles. The van der Waals surface area contributed by atoms with Crippen LogP contribution >= 0.6 is 0 Å². The summed E-state index contributed by atoms with van der Waals surface area (Å²) in [6.45, 7) is 0. The number of carbonyl (C=O) groups is 1. The molecule has 3 aromatic rings. The van der Waals surface area contributed by atoms with Crippen molar-refractivity contribution >= 4 is 35.0 Å². The van der Waals surface area contributed by atoms with E-state index in [0.717, 1.165) is 0 Å². The molecule has 0 saturated heterocycles. The predicted octanol–water partition coefficient (Wildman–Crippen LogP) is 3.18. The Labute approximate surface area is 159 Å². The highest BCUT2D eigenvalue weighted by Gasteiger charge is 2.09. The first-order valence-electron chi connectivity index (χ1n) is 7.96. The molecule has 28 heavy (non-hydrogen) atoms. The van der Waals surface area contributed by atoms with Gasteiger partial charge in [-0.05, 0) is 24.3 Å². The number of urea groups is 1. The molecular formula is C17H15N7O4. The van der Waals surface area contributed by atoms with Crippen LogP contribution in [0, 0.1) is 10.1 Å². The van der Waals surface area contributed by atoms with Gasteiger partial charge < -0.3 is 15.4 Å². The number of nitro groups is 1. The van der Waals surface area contributed by atoms with Gasteiger partial charge in [0.25, 0.3) is 5.69 Å². The van der Waals surface area contributed by atoms with Crippen LogP contribution in [0.1, 0.15) is 0 Å². The fourth-order valence-corrected chi connectivity index (χ4v) is 2.15. The molecule has 2 aromatic heterocycles. The van der Waals surface area contributed by atoms with E-state index in [1.54, 1.807) is 19.2 Å². The highest BCUT2D eigenvalue weighted by Crippen LogP contribution is 2.18. The molecule has 0 saturated carbocycles. The number of benzene rings is 1. The summed E-state index contributed by atoms with van der Waals surface area (Å²) in [5.41, 5.74) is 0.153. The van der Waals surface area contributed by atoms with Crippen molar-refractivity contribution in [3.63, 3.8) is 0 Å². The smallest absolute Gasteiger partial charge is 0.324 e. The number of ether oxygens (including phenoxy) is 1. The van der Waals surface area contributed by atoms with Gasteiger partial charge in [-0.3, -0.25) is 15.4 Å². The molecule has 1 aromatic carbocycles. The fraction of sp³-hybridized carbons (Fsp3) is 0.0588. The van der Waals surface area contributed by atoms with Crippen LogP contribution in [0.15, 0.2) is 54.9 Å². The zero-order valence-corrected chi connectivity index (χ0v) is 14.6. The molecule has 0 spiro atoms. The summed E-state index contributed by atoms with van der Waals surface area (Å²) in [7, 11) is 1.54. The van der Waals surface area contributed by atoms with Crippen molar-refractivity contribution in [1.29, 1.82) is 0 Å². The number of aromatic nitrogens is 3. The number of carbonyl (C=O) groups excluding carboxylic acids is 1. The number of methoxy groups -OCH3 is 1. The van der Waals surface area contributed by atoms with Crippen molar-refractivity contribution in [1.82, 2.24) is 15.0 Å². The molecule has 3 N–H and O–H groups in total. The minimum absolute atomic E-state index is 0.127. The van der Waals surface area contributed by atoms with Crippen molar-refractivity contribution in [3.05, 3.63) is 65.0 Å². The number of hydrogen-bond acceptors (Lipinski definition) is 8. The second-order valence-corrected chi connectivity index (χ2v) is 5.36. The number of anilines is 4. The van der Waals surface area contributed by atoms with Crippen LogP contribution in [0.4, 0.5) is 33.8 Å². The Balaban J connectivity index is 1.64. The van der Waals surface area contributed by atoms with Gasteiger partial charge in [0.2, 0.25) is 5.95 Å². The average molecular weight is 381 g/mol. The molecule has 142 valence electrons. The van der Waals surface area contributed by atoms with Gasteiger partial charge >= 0.3 is 6.03 Å². The van der Waals surface area contributed by atoms with E-state index in [0.29, 0.717) is 11.6 Å². The first kappa shape index (κ1) is 18.5. The van der Waals surface area contributed by atoms with Gasteiger partial charge in [0, 0.05) is 24.0 Å². The predicted molar refractivity (Wildman–Crippen MR) is 102 cm³/mol. The first-order valence-corrected chi connectivity index (χ1v) is 7.96. The molecule has 0 radical (unpaired) electrons. The lowest BCUT2D eigenvalue weighted by Crippen LogP contribution is -2.20. The highest BCUT2D eigenvalue weighted by atomic mass is 16.6. The number of pyridine rings is 1. The van der Waals surface area contributed by atoms with Crippen LogP contribution < -0.4 is 20.7 Å². The van der Waals surface area contributed by atoms with Gasteiger partial charge in [-0.15, -0.1) is 0 Å². The van der Waals surface area contributed by atoms with Gasteiger partial charge in [0.15, 0.2) is 0 Å². The van der Waals surface area contributed by atoms with Gasteiger partial charge in [0.1, 0.15) is 17.4 Å². The summed E-state index contributed by atoms with van der Waals surface area (Å²) in [4.78, 5) is 34.7. The highest BCUT2D eigenvalue weighted by molar-refractivity contribution is 5.99. The molecule has 0 unspecified atom stereocenters. The standard InChI is InChI=1S/C17H15N7O4/c1-28-13-5-6-14(19-10-13)21-16-18-8-7-15(22-16)23-17(25)20-11-3-2-4-12(9-11)24(26)27/h2-10H,1H3,(H3,18,19,20,21,22,23,25). The molecule has 0 bridgehead atoms. The van der Waals surface area contributed by atoms with Crippen LogP contribution in [0.3, 0.4) is 0 Å². The zero-order valence-electron chi connectivity index (χ0n) is 14.6. The molecule has 11 nitrogen and oxygen atoms in total. The summed E-state index contributed by atoms with van der Waals surface area (Å²) in [5.74, 6) is 1.57.